The van der Waals surface area contributed by atoms with Crippen LogP contribution < -0.4 is 19.9 Å². The first-order valence-electron chi connectivity index (χ1n) is 12.0. The van der Waals surface area contributed by atoms with Crippen LogP contribution >= 0.6 is 11.6 Å². The number of H-pyrrole nitrogens is 1. The van der Waals surface area contributed by atoms with Gasteiger partial charge in [0.2, 0.25) is 5.91 Å². The van der Waals surface area contributed by atoms with E-state index in [4.69, 9.17) is 16.3 Å². The van der Waals surface area contributed by atoms with Crippen molar-refractivity contribution in [2.75, 3.05) is 42.4 Å². The number of anilines is 4. The highest BCUT2D eigenvalue weighted by Crippen LogP contribution is 2.49. The Balaban J connectivity index is 1.16. The van der Waals surface area contributed by atoms with Crippen LogP contribution in [0.4, 0.5) is 23.1 Å². The first-order chi connectivity index (χ1) is 17.9. The van der Waals surface area contributed by atoms with Crippen LogP contribution in [0.15, 0.2) is 48.8 Å². The number of amides is 1. The molecule has 11 heteroatoms. The number of aromatic amines is 1. The number of ether oxygens (including phenoxy) is 1. The third kappa shape index (κ3) is 4.32. The fraction of sp³-hybridized carbons (Fsp3) is 0.308. The Morgan fingerprint density at radius 1 is 1.19 bits per heavy atom. The highest BCUT2D eigenvalue weighted by atomic mass is 35.5. The maximum absolute atomic E-state index is 13.1. The van der Waals surface area contributed by atoms with E-state index < -0.39 is 0 Å². The number of fused-ring (bicyclic) bond motifs is 1. The fourth-order valence-corrected chi connectivity index (χ4v) is 5.05. The standard InChI is InChI=1S/C26H26ClN7O3/c1-33(15-4-6-17(37-2)7-5-15)26(36)20-10-19(20)14-3-8-18-21(9-14)31-32-23(18)30-24-22(27)25(29-13-28-24)34-11-16(35)12-34/h3-9,13,16,19-20,35H,10-12H2,1-2H3,(H2,28,29,30,31,32)/t19-,20?/m0/s1. The zero-order valence-electron chi connectivity index (χ0n) is 20.3. The Kier molecular flexibility index (Phi) is 5.85. The van der Waals surface area contributed by atoms with Crippen LogP contribution in [0.3, 0.4) is 0 Å². The summed E-state index contributed by atoms with van der Waals surface area (Å²) >= 11 is 6.55. The van der Waals surface area contributed by atoms with E-state index in [-0.39, 0.29) is 23.8 Å². The Bertz CT molecular complexity index is 1470. The molecule has 0 radical (unpaired) electrons. The van der Waals surface area contributed by atoms with Crippen LogP contribution in [0.25, 0.3) is 10.9 Å². The van der Waals surface area contributed by atoms with Gasteiger partial charge in [0.1, 0.15) is 17.1 Å². The average molecular weight is 520 g/mol. The number of aromatic nitrogens is 4. The summed E-state index contributed by atoms with van der Waals surface area (Å²) in [6.07, 6.45) is 1.89. The maximum Gasteiger partial charge on any atom is 0.230 e. The lowest BCUT2D eigenvalue weighted by Crippen LogP contribution is -2.51. The number of hydrogen-bond acceptors (Lipinski definition) is 8. The number of nitrogens with one attached hydrogen (secondary N) is 2. The van der Waals surface area contributed by atoms with Crippen molar-refractivity contribution in [3.05, 3.63) is 59.4 Å². The number of carbonyl (C=O) groups is 1. The number of hydrogen-bond donors (Lipinski definition) is 3. The summed E-state index contributed by atoms with van der Waals surface area (Å²) in [5.74, 6) is 2.60. The van der Waals surface area contributed by atoms with Gasteiger partial charge in [-0.3, -0.25) is 9.89 Å². The zero-order chi connectivity index (χ0) is 25.7. The van der Waals surface area contributed by atoms with E-state index in [9.17, 15) is 9.90 Å². The van der Waals surface area contributed by atoms with Gasteiger partial charge in [0.05, 0.1) is 18.7 Å². The molecule has 2 aromatic heterocycles. The largest absolute Gasteiger partial charge is 0.497 e. The van der Waals surface area contributed by atoms with E-state index in [1.165, 1.54) is 6.33 Å². The molecule has 37 heavy (non-hydrogen) atoms. The predicted molar refractivity (Wildman–Crippen MR) is 142 cm³/mol. The van der Waals surface area contributed by atoms with E-state index >= 15 is 0 Å². The normalized spacial score (nSPS) is 19.0. The monoisotopic (exact) mass is 519 g/mol. The Morgan fingerprint density at radius 3 is 2.70 bits per heavy atom. The number of halogens is 1. The molecule has 0 spiro atoms. The second kappa shape index (κ2) is 9.20. The molecule has 1 saturated carbocycles. The molecule has 10 nitrogen and oxygen atoms in total. The summed E-state index contributed by atoms with van der Waals surface area (Å²) in [4.78, 5) is 25.2. The molecule has 3 N–H and O–H groups in total. The summed E-state index contributed by atoms with van der Waals surface area (Å²) in [5.41, 5.74) is 2.80. The Morgan fingerprint density at radius 2 is 1.97 bits per heavy atom. The fourth-order valence-electron chi connectivity index (χ4n) is 4.79. The summed E-state index contributed by atoms with van der Waals surface area (Å²) < 4.78 is 5.21. The van der Waals surface area contributed by atoms with Gasteiger partial charge in [0, 0.05) is 37.1 Å². The number of benzene rings is 2. The molecule has 190 valence electrons. The first kappa shape index (κ1) is 23.5. The average Bonchev–Trinajstić information content (AvgIpc) is 3.61. The van der Waals surface area contributed by atoms with Crippen LogP contribution in [-0.2, 0) is 4.79 Å². The van der Waals surface area contributed by atoms with Gasteiger partial charge in [0.25, 0.3) is 0 Å². The van der Waals surface area contributed by atoms with Gasteiger partial charge in [-0.2, -0.15) is 5.10 Å². The van der Waals surface area contributed by atoms with Gasteiger partial charge in [-0.15, -0.1) is 0 Å². The van der Waals surface area contributed by atoms with Crippen LogP contribution in [-0.4, -0.2) is 64.5 Å². The molecule has 2 fully saturated rings. The molecule has 4 aromatic rings. The molecular formula is C26H26ClN7O3. The molecule has 1 saturated heterocycles. The van der Waals surface area contributed by atoms with Crippen molar-refractivity contribution in [3.63, 3.8) is 0 Å². The predicted octanol–water partition coefficient (Wildman–Crippen LogP) is 3.71. The van der Waals surface area contributed by atoms with Crippen LogP contribution in [0.1, 0.15) is 17.9 Å². The lowest BCUT2D eigenvalue weighted by molar-refractivity contribution is -0.119. The number of nitrogens with zero attached hydrogens (tertiary/aromatic N) is 5. The second-order valence-corrected chi connectivity index (χ2v) is 9.84. The third-order valence-corrected chi connectivity index (χ3v) is 7.43. The van der Waals surface area contributed by atoms with Gasteiger partial charge in [0.15, 0.2) is 17.5 Å². The minimum atomic E-state index is -0.365. The molecule has 1 unspecified atom stereocenters. The molecule has 2 aromatic carbocycles. The molecule has 6 rings (SSSR count). The van der Waals surface area contributed by atoms with Crippen LogP contribution in [0, 0.1) is 5.92 Å². The molecule has 1 amide bonds. The molecular weight excluding hydrogens is 494 g/mol. The molecule has 0 bridgehead atoms. The molecule has 1 aliphatic carbocycles. The Labute approximate surface area is 218 Å². The van der Waals surface area contributed by atoms with Crippen molar-refractivity contribution in [1.29, 1.82) is 0 Å². The summed E-state index contributed by atoms with van der Waals surface area (Å²) in [6, 6.07) is 13.6. The number of methoxy groups -OCH3 is 1. The van der Waals surface area contributed by atoms with Gasteiger partial charge in [-0.05, 0) is 54.3 Å². The van der Waals surface area contributed by atoms with E-state index in [1.54, 1.807) is 12.0 Å². The molecule has 3 heterocycles. The number of β-amino-alcohol motifs (C(OH)–C–C–N with tert-alkyl or cyclic N) is 1. The quantitative estimate of drug-likeness (QED) is 0.338. The minimum Gasteiger partial charge on any atom is -0.497 e. The molecule has 2 atom stereocenters. The van der Waals surface area contributed by atoms with Gasteiger partial charge in [-0.1, -0.05) is 17.7 Å². The van der Waals surface area contributed by atoms with Crippen molar-refractivity contribution in [2.24, 2.45) is 5.92 Å². The summed E-state index contributed by atoms with van der Waals surface area (Å²) in [5, 5.41) is 21.5. The van der Waals surface area contributed by atoms with Crippen molar-refractivity contribution in [1.82, 2.24) is 20.2 Å². The van der Waals surface area contributed by atoms with Crippen molar-refractivity contribution in [3.8, 4) is 5.75 Å². The van der Waals surface area contributed by atoms with Gasteiger partial charge >= 0.3 is 0 Å². The van der Waals surface area contributed by atoms with Crippen molar-refractivity contribution < 1.29 is 14.6 Å². The zero-order valence-corrected chi connectivity index (χ0v) is 21.1. The minimum absolute atomic E-state index is 0.0525. The number of aliphatic hydroxyl groups excluding tert-OH is 1. The third-order valence-electron chi connectivity index (χ3n) is 7.08. The van der Waals surface area contributed by atoms with Crippen molar-refractivity contribution >= 4 is 51.6 Å². The lowest BCUT2D eigenvalue weighted by Gasteiger charge is -2.37. The van der Waals surface area contributed by atoms with Crippen molar-refractivity contribution in [2.45, 2.75) is 18.4 Å². The highest BCUT2D eigenvalue weighted by Gasteiger charge is 2.45. The number of rotatable bonds is 7. The number of aliphatic hydroxyl groups is 1. The molecule has 1 aliphatic heterocycles. The number of carbonyl (C=O) groups excluding carboxylic acids is 1. The van der Waals surface area contributed by atoms with Gasteiger partial charge < -0.3 is 25.0 Å². The Hall–Kier alpha value is -3.89. The van der Waals surface area contributed by atoms with Crippen LogP contribution in [0.5, 0.6) is 5.75 Å². The molecule has 2 aliphatic rings. The van der Waals surface area contributed by atoms with Gasteiger partial charge in [-0.25, -0.2) is 9.97 Å². The maximum atomic E-state index is 13.1. The van der Waals surface area contributed by atoms with E-state index in [2.05, 4.69) is 25.5 Å². The van der Waals surface area contributed by atoms with E-state index in [1.807, 2.05) is 54.4 Å². The van der Waals surface area contributed by atoms with E-state index in [0.717, 1.165) is 34.3 Å². The van der Waals surface area contributed by atoms with Crippen LogP contribution in [0.2, 0.25) is 5.02 Å². The highest BCUT2D eigenvalue weighted by molar-refractivity contribution is 6.35. The first-order valence-corrected chi connectivity index (χ1v) is 12.4. The SMILES string of the molecule is COc1ccc(N(C)C(=O)C2C[C@H]2c2ccc3c(Nc4ncnc(N5CC(O)C5)c4Cl)n[nH]c3c2)cc1. The summed E-state index contributed by atoms with van der Waals surface area (Å²) in [7, 11) is 3.43. The van der Waals surface area contributed by atoms with E-state index in [0.29, 0.717) is 35.6 Å². The smallest absolute Gasteiger partial charge is 0.230 e. The topological polar surface area (TPSA) is 120 Å². The second-order valence-electron chi connectivity index (χ2n) is 9.46. The summed E-state index contributed by atoms with van der Waals surface area (Å²) in [6.45, 7) is 0.982. The lowest BCUT2D eigenvalue weighted by atomic mass is 10.1.